The highest BCUT2D eigenvalue weighted by Crippen LogP contribution is 2.21. The van der Waals surface area contributed by atoms with E-state index in [2.05, 4.69) is 27.7 Å². The van der Waals surface area contributed by atoms with Crippen LogP contribution in [0, 0.1) is 0 Å². The number of piperidine rings is 1. The average Bonchev–Trinajstić information content (AvgIpc) is 2.75. The maximum absolute atomic E-state index is 12.1. The first-order valence-corrected chi connectivity index (χ1v) is 9.87. The fraction of sp³-hybridized carbons (Fsp3) is 0.409. The van der Waals surface area contributed by atoms with Crippen molar-refractivity contribution >= 4 is 17.3 Å². The normalized spacial score (nSPS) is 13.8. The molecule has 0 unspecified atom stereocenters. The molecule has 0 aromatic heterocycles. The number of anilines is 2. The minimum Gasteiger partial charge on any atom is -0.497 e. The Morgan fingerprint density at radius 3 is 2.32 bits per heavy atom. The highest BCUT2D eigenvalue weighted by atomic mass is 16.5. The maximum atomic E-state index is 12.1. The molecule has 1 aliphatic heterocycles. The maximum Gasteiger partial charge on any atom is 0.238 e. The summed E-state index contributed by atoms with van der Waals surface area (Å²) in [5, 5.41) is 6.01. The molecule has 1 heterocycles. The van der Waals surface area contributed by atoms with Crippen LogP contribution in [-0.2, 0) is 4.79 Å². The average molecular weight is 383 g/mol. The number of hydrogen-bond donors (Lipinski definition) is 2. The van der Waals surface area contributed by atoms with Crippen molar-refractivity contribution in [2.24, 2.45) is 0 Å². The van der Waals surface area contributed by atoms with Gasteiger partial charge in [-0.25, -0.2) is 0 Å². The molecule has 2 aromatic carbocycles. The molecule has 6 nitrogen and oxygen atoms in total. The summed E-state index contributed by atoms with van der Waals surface area (Å²) >= 11 is 0. The predicted octanol–water partition coefficient (Wildman–Crippen LogP) is 3.29. The zero-order valence-electron chi connectivity index (χ0n) is 16.4. The molecule has 28 heavy (non-hydrogen) atoms. The number of amides is 1. The van der Waals surface area contributed by atoms with Crippen LogP contribution in [0.4, 0.5) is 11.4 Å². The number of methoxy groups -OCH3 is 1. The zero-order valence-corrected chi connectivity index (χ0v) is 16.4. The smallest absolute Gasteiger partial charge is 0.238 e. The third-order valence-corrected chi connectivity index (χ3v) is 4.76. The van der Waals surface area contributed by atoms with Gasteiger partial charge in [0.05, 0.1) is 13.7 Å². The number of nitrogens with zero attached hydrogens (tertiary/aromatic N) is 1. The van der Waals surface area contributed by atoms with E-state index in [0.717, 1.165) is 30.3 Å². The molecule has 0 radical (unpaired) electrons. The molecule has 150 valence electrons. The number of nitrogens with one attached hydrogen (secondary N) is 2. The van der Waals surface area contributed by atoms with Gasteiger partial charge < -0.3 is 25.0 Å². The van der Waals surface area contributed by atoms with Crippen LogP contribution in [0.25, 0.3) is 0 Å². The Labute approximate surface area is 166 Å². The molecule has 1 fully saturated rings. The SMILES string of the molecule is COc1ccc(OCCNCC(=O)Nc2ccc(N3CCCCC3)cc2)cc1. The Balaban J connectivity index is 1.32. The zero-order chi connectivity index (χ0) is 19.6. The van der Waals surface area contributed by atoms with E-state index in [1.54, 1.807) is 7.11 Å². The van der Waals surface area contributed by atoms with Crippen molar-refractivity contribution in [1.29, 1.82) is 0 Å². The van der Waals surface area contributed by atoms with Crippen LogP contribution in [0.1, 0.15) is 19.3 Å². The first-order valence-electron chi connectivity index (χ1n) is 9.87. The summed E-state index contributed by atoms with van der Waals surface area (Å²) in [5.74, 6) is 1.52. The molecule has 3 rings (SSSR count). The Morgan fingerprint density at radius 1 is 0.964 bits per heavy atom. The number of carbonyl (C=O) groups is 1. The Bertz CT molecular complexity index is 726. The summed E-state index contributed by atoms with van der Waals surface area (Å²) in [5.41, 5.74) is 2.05. The summed E-state index contributed by atoms with van der Waals surface area (Å²) in [6, 6.07) is 15.5. The summed E-state index contributed by atoms with van der Waals surface area (Å²) < 4.78 is 10.7. The quantitative estimate of drug-likeness (QED) is 0.651. The van der Waals surface area contributed by atoms with Gasteiger partial charge in [0.2, 0.25) is 5.91 Å². The van der Waals surface area contributed by atoms with Gasteiger partial charge in [-0.2, -0.15) is 0 Å². The molecule has 0 spiro atoms. The van der Waals surface area contributed by atoms with Gasteiger partial charge in [0.15, 0.2) is 0 Å². The lowest BCUT2D eigenvalue weighted by Crippen LogP contribution is -2.31. The molecule has 1 saturated heterocycles. The number of hydrogen-bond acceptors (Lipinski definition) is 5. The van der Waals surface area contributed by atoms with E-state index in [-0.39, 0.29) is 12.5 Å². The van der Waals surface area contributed by atoms with E-state index >= 15 is 0 Å². The first kappa shape index (κ1) is 20.0. The Hall–Kier alpha value is -2.73. The van der Waals surface area contributed by atoms with E-state index in [9.17, 15) is 4.79 Å². The molecule has 1 amide bonds. The van der Waals surface area contributed by atoms with Crippen LogP contribution in [-0.4, -0.2) is 45.8 Å². The van der Waals surface area contributed by atoms with Crippen molar-refractivity contribution in [3.05, 3.63) is 48.5 Å². The van der Waals surface area contributed by atoms with E-state index in [4.69, 9.17) is 9.47 Å². The van der Waals surface area contributed by atoms with Crippen LogP contribution >= 0.6 is 0 Å². The van der Waals surface area contributed by atoms with Crippen LogP contribution in [0.15, 0.2) is 48.5 Å². The third kappa shape index (κ3) is 6.16. The number of rotatable bonds is 9. The van der Waals surface area contributed by atoms with E-state index < -0.39 is 0 Å². The largest absolute Gasteiger partial charge is 0.497 e. The lowest BCUT2D eigenvalue weighted by molar-refractivity contribution is -0.115. The fourth-order valence-electron chi connectivity index (χ4n) is 3.23. The first-order chi connectivity index (χ1) is 13.7. The van der Waals surface area contributed by atoms with Crippen molar-refractivity contribution in [3.8, 4) is 11.5 Å². The lowest BCUT2D eigenvalue weighted by atomic mass is 10.1. The Morgan fingerprint density at radius 2 is 1.64 bits per heavy atom. The van der Waals surface area contributed by atoms with Crippen molar-refractivity contribution in [2.75, 3.05) is 50.1 Å². The van der Waals surface area contributed by atoms with E-state index in [1.165, 1.54) is 24.9 Å². The van der Waals surface area contributed by atoms with Gasteiger partial charge in [-0.1, -0.05) is 0 Å². The van der Waals surface area contributed by atoms with Gasteiger partial charge in [0.1, 0.15) is 18.1 Å². The van der Waals surface area contributed by atoms with Crippen LogP contribution in [0.5, 0.6) is 11.5 Å². The van der Waals surface area contributed by atoms with Crippen LogP contribution in [0.2, 0.25) is 0 Å². The second-order valence-electron chi connectivity index (χ2n) is 6.84. The Kier molecular flexibility index (Phi) is 7.55. The molecule has 6 heteroatoms. The van der Waals surface area contributed by atoms with Crippen molar-refractivity contribution in [2.45, 2.75) is 19.3 Å². The summed E-state index contributed by atoms with van der Waals surface area (Å²) in [6.07, 6.45) is 3.83. The van der Waals surface area contributed by atoms with E-state index in [1.807, 2.05) is 36.4 Å². The molecular formula is C22H29N3O3. The second-order valence-corrected chi connectivity index (χ2v) is 6.84. The molecule has 0 bridgehead atoms. The fourth-order valence-corrected chi connectivity index (χ4v) is 3.23. The molecule has 2 N–H and O–H groups in total. The molecule has 2 aromatic rings. The molecule has 1 aliphatic rings. The van der Waals surface area contributed by atoms with Crippen LogP contribution < -0.4 is 25.0 Å². The van der Waals surface area contributed by atoms with E-state index in [0.29, 0.717) is 13.2 Å². The minimum atomic E-state index is -0.0600. The van der Waals surface area contributed by atoms with Gasteiger partial charge in [0.25, 0.3) is 0 Å². The van der Waals surface area contributed by atoms with Gasteiger partial charge >= 0.3 is 0 Å². The minimum absolute atomic E-state index is 0.0600. The third-order valence-electron chi connectivity index (χ3n) is 4.76. The summed E-state index contributed by atoms with van der Waals surface area (Å²) in [4.78, 5) is 14.5. The second kappa shape index (κ2) is 10.6. The highest BCUT2D eigenvalue weighted by Gasteiger charge is 2.10. The van der Waals surface area contributed by atoms with Crippen molar-refractivity contribution < 1.29 is 14.3 Å². The highest BCUT2D eigenvalue weighted by molar-refractivity contribution is 5.92. The van der Waals surface area contributed by atoms with Crippen molar-refractivity contribution in [3.63, 3.8) is 0 Å². The molecule has 0 aliphatic carbocycles. The monoisotopic (exact) mass is 383 g/mol. The number of carbonyl (C=O) groups excluding carboxylic acids is 1. The number of benzene rings is 2. The predicted molar refractivity (Wildman–Crippen MR) is 112 cm³/mol. The van der Waals surface area contributed by atoms with Gasteiger partial charge in [-0.05, 0) is 67.8 Å². The lowest BCUT2D eigenvalue weighted by Gasteiger charge is -2.28. The standard InChI is InChI=1S/C22H29N3O3/c1-27-20-9-11-21(12-10-20)28-16-13-23-17-22(26)24-18-5-7-19(8-6-18)25-14-3-2-4-15-25/h5-12,23H,2-4,13-17H2,1H3,(H,24,26). The number of ether oxygens (including phenoxy) is 2. The molecule has 0 saturated carbocycles. The summed E-state index contributed by atoms with van der Waals surface area (Å²) in [7, 11) is 1.63. The van der Waals surface area contributed by atoms with Gasteiger partial charge in [-0.15, -0.1) is 0 Å². The topological polar surface area (TPSA) is 62.8 Å². The van der Waals surface area contributed by atoms with Gasteiger partial charge in [-0.3, -0.25) is 4.79 Å². The summed E-state index contributed by atoms with van der Waals surface area (Å²) in [6.45, 7) is 3.57. The molecule has 0 atom stereocenters. The van der Waals surface area contributed by atoms with Gasteiger partial charge in [0, 0.05) is 31.0 Å². The molecular weight excluding hydrogens is 354 g/mol. The van der Waals surface area contributed by atoms with Crippen molar-refractivity contribution in [1.82, 2.24) is 5.32 Å². The van der Waals surface area contributed by atoms with Crippen LogP contribution in [0.3, 0.4) is 0 Å².